The second-order valence-electron chi connectivity index (χ2n) is 6.92. The number of carbonyl (C=O) groups is 2. The molecular weight excluding hydrogens is 256 g/mol. The van der Waals surface area contributed by atoms with Gasteiger partial charge in [0, 0.05) is 49.9 Å². The number of rotatable bonds is 2. The minimum absolute atomic E-state index is 0.129. The summed E-state index contributed by atoms with van der Waals surface area (Å²) in [5.74, 6) is 0.259. The molecule has 0 spiro atoms. The molecule has 0 radical (unpaired) electrons. The lowest BCUT2D eigenvalue weighted by molar-refractivity contribution is -0.186. The molecule has 5 nitrogen and oxygen atoms in total. The van der Waals surface area contributed by atoms with Gasteiger partial charge in [0.1, 0.15) is 0 Å². The summed E-state index contributed by atoms with van der Waals surface area (Å²) in [6.45, 7) is 9.82. The van der Waals surface area contributed by atoms with E-state index in [-0.39, 0.29) is 11.8 Å². The number of aliphatic hydroxyl groups is 1. The number of aliphatic hydroxyl groups excluding tert-OH is 1. The van der Waals surface area contributed by atoms with Crippen molar-refractivity contribution in [2.24, 2.45) is 10.8 Å². The maximum atomic E-state index is 12.0. The van der Waals surface area contributed by atoms with Gasteiger partial charge in [0.2, 0.25) is 11.8 Å². The van der Waals surface area contributed by atoms with Crippen LogP contribution in [0.4, 0.5) is 0 Å². The number of hydrogen-bond donors (Lipinski definition) is 1. The molecule has 2 aliphatic heterocycles. The molecule has 2 aliphatic rings. The second-order valence-corrected chi connectivity index (χ2v) is 6.92. The molecule has 2 rings (SSSR count). The number of likely N-dealkylation sites (tertiary alicyclic amines) is 2. The lowest BCUT2D eigenvalue weighted by atomic mass is 9.63. The van der Waals surface area contributed by atoms with Crippen LogP contribution in [0.25, 0.3) is 0 Å². The lowest BCUT2D eigenvalue weighted by Gasteiger charge is -2.59. The fraction of sp³-hybridized carbons (Fsp3) is 0.867. The Morgan fingerprint density at radius 2 is 1.25 bits per heavy atom. The van der Waals surface area contributed by atoms with Crippen LogP contribution in [0.1, 0.15) is 40.5 Å². The summed E-state index contributed by atoms with van der Waals surface area (Å²) in [4.78, 5) is 27.8. The Hall–Kier alpha value is -1.10. The normalized spacial score (nSPS) is 37.0. The number of hydrogen-bond acceptors (Lipinski definition) is 3. The molecule has 0 unspecified atom stereocenters. The quantitative estimate of drug-likeness (QED) is 0.817. The second kappa shape index (κ2) is 5.02. The molecule has 0 aliphatic carbocycles. The zero-order chi connectivity index (χ0) is 15.1. The van der Waals surface area contributed by atoms with Crippen molar-refractivity contribution in [2.75, 3.05) is 26.2 Å². The Labute approximate surface area is 120 Å². The SMILES string of the molecule is CCC(=O)N1CC2(C)CN(C(=O)CC)CC(C)(C1)C2O. The van der Waals surface area contributed by atoms with Crippen molar-refractivity contribution in [3.63, 3.8) is 0 Å². The average Bonchev–Trinajstić information content (AvgIpc) is 2.40. The summed E-state index contributed by atoms with van der Waals surface area (Å²) >= 11 is 0. The van der Waals surface area contributed by atoms with Crippen molar-refractivity contribution in [1.29, 1.82) is 0 Å². The topological polar surface area (TPSA) is 60.9 Å². The Balaban J connectivity index is 2.29. The fourth-order valence-electron chi connectivity index (χ4n) is 3.94. The molecule has 1 N–H and O–H groups in total. The highest BCUT2D eigenvalue weighted by Crippen LogP contribution is 2.45. The molecule has 114 valence electrons. The van der Waals surface area contributed by atoms with Crippen molar-refractivity contribution in [3.05, 3.63) is 0 Å². The predicted octanol–water partition coefficient (Wildman–Crippen LogP) is 0.864. The third-order valence-electron chi connectivity index (χ3n) is 4.84. The third-order valence-corrected chi connectivity index (χ3v) is 4.84. The first-order chi connectivity index (χ1) is 9.25. The maximum absolute atomic E-state index is 12.0. The van der Waals surface area contributed by atoms with E-state index in [1.54, 1.807) is 0 Å². The first-order valence-corrected chi connectivity index (χ1v) is 7.49. The molecule has 2 fully saturated rings. The Morgan fingerprint density at radius 1 is 0.950 bits per heavy atom. The van der Waals surface area contributed by atoms with E-state index in [0.29, 0.717) is 39.0 Å². The molecule has 0 aromatic carbocycles. The van der Waals surface area contributed by atoms with Crippen LogP contribution in [0.5, 0.6) is 0 Å². The molecule has 20 heavy (non-hydrogen) atoms. The highest BCUT2D eigenvalue weighted by molar-refractivity contribution is 5.77. The molecule has 0 atom stereocenters. The summed E-state index contributed by atoms with van der Waals surface area (Å²) in [6, 6.07) is 0. The van der Waals surface area contributed by atoms with Gasteiger partial charge in [-0.3, -0.25) is 9.59 Å². The van der Waals surface area contributed by atoms with E-state index >= 15 is 0 Å². The van der Waals surface area contributed by atoms with Gasteiger partial charge in [-0.2, -0.15) is 0 Å². The minimum Gasteiger partial charge on any atom is -0.392 e. The molecule has 2 amide bonds. The summed E-state index contributed by atoms with van der Waals surface area (Å²) in [6.07, 6.45) is 0.497. The summed E-state index contributed by atoms with van der Waals surface area (Å²) in [5.41, 5.74) is -0.859. The first-order valence-electron chi connectivity index (χ1n) is 7.49. The number of nitrogens with zero attached hydrogens (tertiary/aromatic N) is 2. The van der Waals surface area contributed by atoms with E-state index in [9.17, 15) is 14.7 Å². The lowest BCUT2D eigenvalue weighted by Crippen LogP contribution is -2.71. The fourth-order valence-corrected chi connectivity index (χ4v) is 3.94. The van der Waals surface area contributed by atoms with Gasteiger partial charge in [-0.25, -0.2) is 0 Å². The van der Waals surface area contributed by atoms with Crippen LogP contribution in [0.15, 0.2) is 0 Å². The third kappa shape index (κ3) is 2.32. The van der Waals surface area contributed by atoms with Crippen LogP contribution in [0, 0.1) is 10.8 Å². The Kier molecular flexibility index (Phi) is 3.84. The van der Waals surface area contributed by atoms with Gasteiger partial charge in [0.15, 0.2) is 0 Å². The highest BCUT2D eigenvalue weighted by Gasteiger charge is 2.56. The number of carbonyl (C=O) groups excluding carboxylic acids is 2. The van der Waals surface area contributed by atoms with Crippen LogP contribution in [0.2, 0.25) is 0 Å². The summed E-state index contributed by atoms with van der Waals surface area (Å²) in [5, 5.41) is 10.7. The summed E-state index contributed by atoms with van der Waals surface area (Å²) in [7, 11) is 0. The van der Waals surface area contributed by atoms with Gasteiger partial charge in [0.05, 0.1) is 6.10 Å². The van der Waals surface area contributed by atoms with Gasteiger partial charge < -0.3 is 14.9 Å². The van der Waals surface area contributed by atoms with E-state index in [1.807, 2.05) is 37.5 Å². The molecule has 2 bridgehead atoms. The van der Waals surface area contributed by atoms with Crippen molar-refractivity contribution in [2.45, 2.75) is 46.6 Å². The Bertz CT molecular complexity index is 371. The van der Waals surface area contributed by atoms with Gasteiger partial charge in [-0.05, 0) is 0 Å². The standard InChI is InChI=1S/C15H26N2O3/c1-5-11(18)16-7-14(3)9-17(12(19)6-2)10-15(4,8-16)13(14)20/h13,20H,5-10H2,1-4H3. The number of fused-ring (bicyclic) bond motifs is 2. The summed E-state index contributed by atoms with van der Waals surface area (Å²) < 4.78 is 0. The van der Waals surface area contributed by atoms with Gasteiger partial charge in [-0.15, -0.1) is 0 Å². The van der Waals surface area contributed by atoms with Gasteiger partial charge in [0.25, 0.3) is 0 Å². The largest absolute Gasteiger partial charge is 0.392 e. The van der Waals surface area contributed by atoms with Crippen LogP contribution in [-0.4, -0.2) is 59.0 Å². The minimum atomic E-state index is -0.475. The zero-order valence-electron chi connectivity index (χ0n) is 13.0. The van der Waals surface area contributed by atoms with E-state index in [4.69, 9.17) is 0 Å². The average molecular weight is 282 g/mol. The van der Waals surface area contributed by atoms with Crippen LogP contribution in [-0.2, 0) is 9.59 Å². The van der Waals surface area contributed by atoms with E-state index in [0.717, 1.165) is 0 Å². The van der Waals surface area contributed by atoms with E-state index in [1.165, 1.54) is 0 Å². The van der Waals surface area contributed by atoms with Crippen molar-refractivity contribution >= 4 is 11.8 Å². The van der Waals surface area contributed by atoms with Gasteiger partial charge in [-0.1, -0.05) is 27.7 Å². The molecule has 5 heteroatoms. The van der Waals surface area contributed by atoms with Crippen molar-refractivity contribution in [1.82, 2.24) is 9.80 Å². The number of amides is 2. The van der Waals surface area contributed by atoms with E-state index in [2.05, 4.69) is 0 Å². The molecular formula is C15H26N2O3. The molecule has 2 saturated heterocycles. The molecule has 2 heterocycles. The molecule has 0 saturated carbocycles. The zero-order valence-corrected chi connectivity index (χ0v) is 13.0. The predicted molar refractivity (Wildman–Crippen MR) is 76.0 cm³/mol. The molecule has 0 aromatic rings. The van der Waals surface area contributed by atoms with Crippen LogP contribution < -0.4 is 0 Å². The van der Waals surface area contributed by atoms with Crippen molar-refractivity contribution < 1.29 is 14.7 Å². The monoisotopic (exact) mass is 282 g/mol. The van der Waals surface area contributed by atoms with Crippen LogP contribution in [0.3, 0.4) is 0 Å². The highest BCUT2D eigenvalue weighted by atomic mass is 16.3. The number of piperidine rings is 2. The molecule has 0 aromatic heterocycles. The van der Waals surface area contributed by atoms with E-state index < -0.39 is 16.9 Å². The van der Waals surface area contributed by atoms with Crippen molar-refractivity contribution in [3.8, 4) is 0 Å². The smallest absolute Gasteiger partial charge is 0.222 e. The Morgan fingerprint density at radius 3 is 1.50 bits per heavy atom. The van der Waals surface area contributed by atoms with Crippen LogP contribution >= 0.6 is 0 Å². The maximum Gasteiger partial charge on any atom is 0.222 e. The first kappa shape index (κ1) is 15.3. The van der Waals surface area contributed by atoms with Gasteiger partial charge >= 0.3 is 0 Å².